The van der Waals surface area contributed by atoms with Crippen LogP contribution in [-0.4, -0.2) is 26.0 Å². The minimum atomic E-state index is -0.944. The standard InChI is InChI=1S/C9H7N3O2S2/c1-5-7(8(13)14)16-9(12-5)15-6-4-10-2-3-11-6/h2-4H,1H3,(H,13,14). The number of thiazole rings is 1. The van der Waals surface area contributed by atoms with Gasteiger partial charge in [0, 0.05) is 12.4 Å². The third-order valence-corrected chi connectivity index (χ3v) is 3.83. The Kier molecular flexibility index (Phi) is 3.16. The third kappa shape index (κ3) is 2.37. The van der Waals surface area contributed by atoms with E-state index in [9.17, 15) is 4.79 Å². The molecule has 16 heavy (non-hydrogen) atoms. The third-order valence-electron chi connectivity index (χ3n) is 1.70. The number of nitrogens with zero attached hydrogens (tertiary/aromatic N) is 3. The number of aromatic carboxylic acids is 1. The van der Waals surface area contributed by atoms with E-state index in [1.807, 2.05) is 0 Å². The van der Waals surface area contributed by atoms with Gasteiger partial charge in [-0.05, 0) is 18.7 Å². The number of carbonyl (C=O) groups is 1. The van der Waals surface area contributed by atoms with Gasteiger partial charge in [-0.1, -0.05) is 11.3 Å². The van der Waals surface area contributed by atoms with Crippen LogP contribution >= 0.6 is 23.1 Å². The minimum absolute atomic E-state index is 0.270. The van der Waals surface area contributed by atoms with Gasteiger partial charge in [-0.3, -0.25) is 4.98 Å². The van der Waals surface area contributed by atoms with E-state index < -0.39 is 5.97 Å². The summed E-state index contributed by atoms with van der Waals surface area (Å²) >= 11 is 2.46. The topological polar surface area (TPSA) is 76.0 Å². The highest BCUT2D eigenvalue weighted by Gasteiger charge is 2.14. The van der Waals surface area contributed by atoms with Gasteiger partial charge in [0.05, 0.1) is 11.9 Å². The molecule has 0 aliphatic carbocycles. The molecule has 0 amide bonds. The fourth-order valence-corrected chi connectivity index (χ4v) is 2.94. The lowest BCUT2D eigenvalue weighted by Gasteiger charge is -1.93. The van der Waals surface area contributed by atoms with Crippen molar-refractivity contribution >= 4 is 29.1 Å². The highest BCUT2D eigenvalue weighted by Crippen LogP contribution is 2.31. The Balaban J connectivity index is 2.23. The maximum atomic E-state index is 10.8. The molecule has 1 N–H and O–H groups in total. The van der Waals surface area contributed by atoms with Crippen molar-refractivity contribution in [2.45, 2.75) is 16.3 Å². The predicted octanol–water partition coefficient (Wildman–Crippen LogP) is 2.09. The number of hydrogen-bond donors (Lipinski definition) is 1. The number of rotatable bonds is 3. The van der Waals surface area contributed by atoms with Crippen molar-refractivity contribution in [3.63, 3.8) is 0 Å². The normalized spacial score (nSPS) is 10.3. The van der Waals surface area contributed by atoms with Crippen LogP contribution in [0.2, 0.25) is 0 Å². The van der Waals surface area contributed by atoms with Crippen LogP contribution in [-0.2, 0) is 0 Å². The van der Waals surface area contributed by atoms with Gasteiger partial charge in [0.25, 0.3) is 0 Å². The Morgan fingerprint density at radius 2 is 2.31 bits per heavy atom. The molecule has 5 nitrogen and oxygen atoms in total. The summed E-state index contributed by atoms with van der Waals surface area (Å²) in [5.74, 6) is -0.944. The molecule has 0 aromatic carbocycles. The molecule has 2 heterocycles. The van der Waals surface area contributed by atoms with Crippen LogP contribution in [0.15, 0.2) is 28.0 Å². The van der Waals surface area contributed by atoms with Crippen LogP contribution in [0.1, 0.15) is 15.4 Å². The molecule has 0 saturated heterocycles. The van der Waals surface area contributed by atoms with Gasteiger partial charge in [0.15, 0.2) is 4.34 Å². The van der Waals surface area contributed by atoms with Gasteiger partial charge in [0.2, 0.25) is 0 Å². The molecule has 82 valence electrons. The molecular formula is C9H7N3O2S2. The largest absolute Gasteiger partial charge is 0.477 e. The lowest BCUT2D eigenvalue weighted by Crippen LogP contribution is -1.94. The van der Waals surface area contributed by atoms with Gasteiger partial charge >= 0.3 is 5.97 Å². The second-order valence-electron chi connectivity index (χ2n) is 2.85. The van der Waals surface area contributed by atoms with E-state index in [1.165, 1.54) is 11.8 Å². The summed E-state index contributed by atoms with van der Waals surface area (Å²) in [5.41, 5.74) is 0.531. The molecule has 0 aliphatic heterocycles. The second-order valence-corrected chi connectivity index (χ2v) is 5.11. The average molecular weight is 253 g/mol. The van der Waals surface area contributed by atoms with Crippen LogP contribution in [0.3, 0.4) is 0 Å². The highest BCUT2D eigenvalue weighted by atomic mass is 32.2. The summed E-state index contributed by atoms with van der Waals surface area (Å²) in [5, 5.41) is 9.58. The first-order chi connectivity index (χ1) is 7.66. The van der Waals surface area contributed by atoms with Gasteiger partial charge in [-0.25, -0.2) is 14.8 Å². The fourth-order valence-electron chi connectivity index (χ4n) is 1.04. The van der Waals surface area contributed by atoms with Crippen LogP contribution in [0.25, 0.3) is 0 Å². The van der Waals surface area contributed by atoms with Crippen LogP contribution in [0, 0.1) is 6.92 Å². The Hall–Kier alpha value is -1.47. The quantitative estimate of drug-likeness (QED) is 0.902. The number of hydrogen-bond acceptors (Lipinski definition) is 6. The first-order valence-electron chi connectivity index (χ1n) is 4.31. The zero-order valence-corrected chi connectivity index (χ0v) is 9.88. The van der Waals surface area contributed by atoms with Crippen LogP contribution < -0.4 is 0 Å². The molecule has 0 radical (unpaired) electrons. The van der Waals surface area contributed by atoms with Crippen LogP contribution in [0.4, 0.5) is 0 Å². The van der Waals surface area contributed by atoms with E-state index in [2.05, 4.69) is 15.0 Å². The molecule has 0 bridgehead atoms. The second kappa shape index (κ2) is 4.58. The molecule has 0 fully saturated rings. The average Bonchev–Trinajstić information content (AvgIpc) is 2.61. The van der Waals surface area contributed by atoms with Gasteiger partial charge in [-0.2, -0.15) is 0 Å². The smallest absolute Gasteiger partial charge is 0.347 e. The van der Waals surface area contributed by atoms with E-state index in [1.54, 1.807) is 25.5 Å². The Bertz CT molecular complexity index is 513. The molecule has 2 aromatic rings. The van der Waals surface area contributed by atoms with Crippen molar-refractivity contribution < 1.29 is 9.90 Å². The molecule has 2 rings (SSSR count). The van der Waals surface area contributed by atoms with Crippen molar-refractivity contribution in [2.24, 2.45) is 0 Å². The zero-order chi connectivity index (χ0) is 11.5. The van der Waals surface area contributed by atoms with Crippen molar-refractivity contribution in [2.75, 3.05) is 0 Å². The van der Waals surface area contributed by atoms with Gasteiger partial charge in [0.1, 0.15) is 9.90 Å². The molecule has 0 aliphatic rings. The maximum absolute atomic E-state index is 10.8. The van der Waals surface area contributed by atoms with E-state index in [0.29, 0.717) is 15.1 Å². The monoisotopic (exact) mass is 253 g/mol. The number of aryl methyl sites for hydroxylation is 1. The van der Waals surface area contributed by atoms with Crippen molar-refractivity contribution in [3.05, 3.63) is 29.2 Å². The summed E-state index contributed by atoms with van der Waals surface area (Å²) in [7, 11) is 0. The highest BCUT2D eigenvalue weighted by molar-refractivity contribution is 8.01. The number of carboxylic acids is 1. The summed E-state index contributed by atoms with van der Waals surface area (Å²) in [6.45, 7) is 1.68. The van der Waals surface area contributed by atoms with Crippen molar-refractivity contribution in [1.29, 1.82) is 0 Å². The summed E-state index contributed by atoms with van der Waals surface area (Å²) in [6, 6.07) is 0. The SMILES string of the molecule is Cc1nc(Sc2cnccn2)sc1C(=O)O. The summed E-state index contributed by atoms with van der Waals surface area (Å²) in [4.78, 5) is 23.3. The molecule has 0 unspecified atom stereocenters. The fraction of sp³-hybridized carbons (Fsp3) is 0.111. The Labute approximate surface area is 99.6 Å². The van der Waals surface area contributed by atoms with Crippen LogP contribution in [0.5, 0.6) is 0 Å². The van der Waals surface area contributed by atoms with Gasteiger partial charge in [-0.15, -0.1) is 0 Å². The van der Waals surface area contributed by atoms with Gasteiger partial charge < -0.3 is 5.11 Å². The lowest BCUT2D eigenvalue weighted by atomic mass is 10.4. The lowest BCUT2D eigenvalue weighted by molar-refractivity contribution is 0.0701. The zero-order valence-electron chi connectivity index (χ0n) is 8.25. The molecule has 7 heteroatoms. The maximum Gasteiger partial charge on any atom is 0.347 e. The van der Waals surface area contributed by atoms with Crippen molar-refractivity contribution in [1.82, 2.24) is 15.0 Å². The molecule has 0 spiro atoms. The first-order valence-corrected chi connectivity index (χ1v) is 5.94. The van der Waals surface area contributed by atoms with E-state index >= 15 is 0 Å². The number of carboxylic acid groups (broad SMARTS) is 1. The Morgan fingerprint density at radius 3 is 2.88 bits per heavy atom. The molecule has 0 saturated carbocycles. The van der Waals surface area contributed by atoms with E-state index in [4.69, 9.17) is 5.11 Å². The van der Waals surface area contributed by atoms with E-state index in [-0.39, 0.29) is 4.88 Å². The van der Waals surface area contributed by atoms with Crippen molar-refractivity contribution in [3.8, 4) is 0 Å². The Morgan fingerprint density at radius 1 is 1.50 bits per heavy atom. The predicted molar refractivity (Wildman–Crippen MR) is 60.0 cm³/mol. The molecular weight excluding hydrogens is 246 g/mol. The molecule has 0 atom stereocenters. The van der Waals surface area contributed by atoms with E-state index in [0.717, 1.165) is 11.3 Å². The number of aromatic nitrogens is 3. The molecule has 2 aromatic heterocycles. The summed E-state index contributed by atoms with van der Waals surface area (Å²) < 4.78 is 0.662. The minimum Gasteiger partial charge on any atom is -0.477 e. The summed E-state index contributed by atoms with van der Waals surface area (Å²) in [6.07, 6.45) is 4.78. The first kappa shape index (κ1) is 11.0.